The van der Waals surface area contributed by atoms with Crippen LogP contribution in [0.25, 0.3) is 11.0 Å². The molecular weight excluding hydrogens is 264 g/mol. The maximum atomic E-state index is 5.87. The molecule has 1 aromatic carbocycles. The van der Waals surface area contributed by atoms with Crippen LogP contribution in [0.5, 0.6) is 0 Å². The van der Waals surface area contributed by atoms with Crippen molar-refractivity contribution in [2.45, 2.75) is 39.2 Å². The standard InChI is InChI=1S/C16H18N4O/c1-9-10(2)21-15(18-9)8-20-14-6-5-12(17)7-13(14)19-16(20)11-3-4-11/h5-7,11H,3-4,8,17H2,1-2H3. The van der Waals surface area contributed by atoms with E-state index in [1.54, 1.807) is 0 Å². The number of hydrogen-bond acceptors (Lipinski definition) is 4. The first-order valence-electron chi connectivity index (χ1n) is 7.30. The molecule has 0 radical (unpaired) electrons. The summed E-state index contributed by atoms with van der Waals surface area (Å²) in [6.45, 7) is 4.54. The van der Waals surface area contributed by atoms with Gasteiger partial charge in [-0.1, -0.05) is 0 Å². The van der Waals surface area contributed by atoms with E-state index in [2.05, 4.69) is 9.55 Å². The van der Waals surface area contributed by atoms with Gasteiger partial charge in [-0.05, 0) is 44.9 Å². The fourth-order valence-electron chi connectivity index (χ4n) is 2.73. The minimum absolute atomic E-state index is 0.566. The van der Waals surface area contributed by atoms with Crippen molar-refractivity contribution in [3.8, 4) is 0 Å². The highest BCUT2D eigenvalue weighted by Crippen LogP contribution is 2.41. The molecule has 2 N–H and O–H groups in total. The molecule has 4 rings (SSSR count). The number of hydrogen-bond donors (Lipinski definition) is 1. The van der Waals surface area contributed by atoms with Crippen molar-refractivity contribution in [1.29, 1.82) is 0 Å². The lowest BCUT2D eigenvalue weighted by molar-refractivity contribution is 0.456. The lowest BCUT2D eigenvalue weighted by atomic mass is 10.3. The quantitative estimate of drug-likeness (QED) is 0.749. The zero-order chi connectivity index (χ0) is 14.6. The smallest absolute Gasteiger partial charge is 0.214 e. The highest BCUT2D eigenvalue weighted by Gasteiger charge is 2.30. The minimum Gasteiger partial charge on any atom is -0.444 e. The first kappa shape index (κ1) is 12.4. The maximum Gasteiger partial charge on any atom is 0.214 e. The van der Waals surface area contributed by atoms with Crippen molar-refractivity contribution in [3.05, 3.63) is 41.4 Å². The van der Waals surface area contributed by atoms with E-state index in [1.165, 1.54) is 12.8 Å². The van der Waals surface area contributed by atoms with Crippen molar-refractivity contribution in [2.75, 3.05) is 5.73 Å². The molecule has 0 atom stereocenters. The average molecular weight is 282 g/mol. The highest BCUT2D eigenvalue weighted by molar-refractivity contribution is 5.80. The minimum atomic E-state index is 0.566. The Labute approximate surface area is 122 Å². The molecule has 1 fully saturated rings. The normalized spacial score (nSPS) is 15.0. The summed E-state index contributed by atoms with van der Waals surface area (Å²) >= 11 is 0. The summed E-state index contributed by atoms with van der Waals surface area (Å²) in [6, 6.07) is 5.89. The Morgan fingerprint density at radius 2 is 2.10 bits per heavy atom. The Balaban J connectivity index is 1.83. The molecule has 1 aliphatic rings. The molecule has 0 saturated heterocycles. The summed E-state index contributed by atoms with van der Waals surface area (Å²) in [5.41, 5.74) is 9.62. The Kier molecular flexibility index (Phi) is 2.58. The third-order valence-electron chi connectivity index (χ3n) is 4.11. The molecule has 0 amide bonds. The third-order valence-corrected chi connectivity index (χ3v) is 4.11. The number of aryl methyl sites for hydroxylation is 2. The van der Waals surface area contributed by atoms with Gasteiger partial charge in [-0.3, -0.25) is 0 Å². The predicted octanol–water partition coefficient (Wildman–Crippen LogP) is 3.15. The first-order valence-corrected chi connectivity index (χ1v) is 7.30. The Bertz CT molecular complexity index is 807. The molecule has 5 nitrogen and oxygen atoms in total. The number of rotatable bonds is 3. The zero-order valence-electron chi connectivity index (χ0n) is 12.3. The second-order valence-electron chi connectivity index (χ2n) is 5.83. The molecule has 0 bridgehead atoms. The molecule has 2 heterocycles. The van der Waals surface area contributed by atoms with E-state index in [9.17, 15) is 0 Å². The molecule has 0 unspecified atom stereocenters. The zero-order valence-corrected chi connectivity index (χ0v) is 12.3. The average Bonchev–Trinajstić information content (AvgIpc) is 3.16. The third kappa shape index (κ3) is 2.09. The van der Waals surface area contributed by atoms with Crippen molar-refractivity contribution in [1.82, 2.24) is 14.5 Å². The van der Waals surface area contributed by atoms with E-state index in [0.717, 1.165) is 39.9 Å². The molecule has 1 aliphatic carbocycles. The summed E-state index contributed by atoms with van der Waals surface area (Å²) in [5.74, 6) is 3.31. The van der Waals surface area contributed by atoms with Crippen LogP contribution in [0.1, 0.15) is 41.9 Å². The Hall–Kier alpha value is -2.30. The molecule has 3 aromatic rings. The van der Waals surface area contributed by atoms with Gasteiger partial charge in [-0.15, -0.1) is 0 Å². The van der Waals surface area contributed by atoms with E-state index < -0.39 is 0 Å². The van der Waals surface area contributed by atoms with Gasteiger partial charge in [0, 0.05) is 11.6 Å². The molecule has 0 spiro atoms. The van der Waals surface area contributed by atoms with Gasteiger partial charge in [-0.2, -0.15) is 0 Å². The SMILES string of the molecule is Cc1nc(Cn2c(C3CC3)nc3cc(N)ccc32)oc1C. The number of oxazole rings is 1. The van der Waals surface area contributed by atoms with Crippen LogP contribution in [0.3, 0.4) is 0 Å². The van der Waals surface area contributed by atoms with Crippen LogP contribution in [0.15, 0.2) is 22.6 Å². The van der Waals surface area contributed by atoms with Gasteiger partial charge in [0.2, 0.25) is 5.89 Å². The number of fused-ring (bicyclic) bond motifs is 1. The van der Waals surface area contributed by atoms with Crippen molar-refractivity contribution < 1.29 is 4.42 Å². The molecule has 108 valence electrons. The monoisotopic (exact) mass is 282 g/mol. The van der Waals surface area contributed by atoms with Crippen LogP contribution in [0.4, 0.5) is 5.69 Å². The van der Waals surface area contributed by atoms with Crippen molar-refractivity contribution in [2.24, 2.45) is 0 Å². The summed E-state index contributed by atoms with van der Waals surface area (Å²) in [6.07, 6.45) is 2.42. The summed E-state index contributed by atoms with van der Waals surface area (Å²) < 4.78 is 7.95. The molecule has 0 aliphatic heterocycles. The topological polar surface area (TPSA) is 69.9 Å². The highest BCUT2D eigenvalue weighted by atomic mass is 16.4. The maximum absolute atomic E-state index is 5.87. The van der Waals surface area contributed by atoms with E-state index in [1.807, 2.05) is 32.0 Å². The number of nitrogens with two attached hydrogens (primary N) is 1. The van der Waals surface area contributed by atoms with Gasteiger partial charge in [0.15, 0.2) is 0 Å². The number of anilines is 1. The van der Waals surface area contributed by atoms with E-state index in [-0.39, 0.29) is 0 Å². The van der Waals surface area contributed by atoms with Gasteiger partial charge in [-0.25, -0.2) is 9.97 Å². The van der Waals surface area contributed by atoms with Crippen LogP contribution < -0.4 is 5.73 Å². The van der Waals surface area contributed by atoms with Gasteiger partial charge in [0.25, 0.3) is 0 Å². The van der Waals surface area contributed by atoms with Crippen LogP contribution in [0, 0.1) is 13.8 Å². The molecular formula is C16H18N4O. The van der Waals surface area contributed by atoms with Gasteiger partial charge >= 0.3 is 0 Å². The largest absolute Gasteiger partial charge is 0.444 e. The summed E-state index contributed by atoms with van der Waals surface area (Å²) in [7, 11) is 0. The summed E-state index contributed by atoms with van der Waals surface area (Å²) in [5, 5.41) is 0. The lowest BCUT2D eigenvalue weighted by Crippen LogP contribution is -2.04. The van der Waals surface area contributed by atoms with Crippen LogP contribution >= 0.6 is 0 Å². The predicted molar refractivity (Wildman–Crippen MR) is 81.2 cm³/mol. The summed E-state index contributed by atoms with van der Waals surface area (Å²) in [4.78, 5) is 9.26. The van der Waals surface area contributed by atoms with E-state index in [4.69, 9.17) is 15.1 Å². The molecule has 21 heavy (non-hydrogen) atoms. The van der Waals surface area contributed by atoms with Crippen molar-refractivity contribution >= 4 is 16.7 Å². The first-order chi connectivity index (χ1) is 10.1. The lowest BCUT2D eigenvalue weighted by Gasteiger charge is -2.06. The van der Waals surface area contributed by atoms with Crippen LogP contribution in [-0.2, 0) is 6.54 Å². The fraction of sp³-hybridized carbons (Fsp3) is 0.375. The van der Waals surface area contributed by atoms with Crippen LogP contribution in [0.2, 0.25) is 0 Å². The Morgan fingerprint density at radius 1 is 1.29 bits per heavy atom. The molecule has 2 aromatic heterocycles. The number of nitrogen functional groups attached to an aromatic ring is 1. The molecule has 5 heteroatoms. The number of aromatic nitrogens is 3. The van der Waals surface area contributed by atoms with Crippen molar-refractivity contribution in [3.63, 3.8) is 0 Å². The van der Waals surface area contributed by atoms with Crippen LogP contribution in [-0.4, -0.2) is 14.5 Å². The number of imidazole rings is 1. The van der Waals surface area contributed by atoms with Gasteiger partial charge < -0.3 is 14.7 Å². The van der Waals surface area contributed by atoms with Gasteiger partial charge in [0.1, 0.15) is 18.1 Å². The molecule has 1 saturated carbocycles. The second kappa shape index (κ2) is 4.35. The Morgan fingerprint density at radius 3 is 2.76 bits per heavy atom. The van der Waals surface area contributed by atoms with E-state index in [0.29, 0.717) is 12.5 Å². The fourth-order valence-corrected chi connectivity index (χ4v) is 2.73. The number of benzene rings is 1. The van der Waals surface area contributed by atoms with Gasteiger partial charge in [0.05, 0.1) is 16.7 Å². The van der Waals surface area contributed by atoms with E-state index >= 15 is 0 Å². The number of nitrogens with zero attached hydrogens (tertiary/aromatic N) is 3. The second-order valence-corrected chi connectivity index (χ2v) is 5.83.